The number of urea groups is 1. The summed E-state index contributed by atoms with van der Waals surface area (Å²) in [5.41, 5.74) is 0.872. The molecular formula is C33H45FN6O7S. The minimum atomic E-state index is -3.90. The van der Waals surface area contributed by atoms with E-state index in [2.05, 4.69) is 15.6 Å². The average Bonchev–Trinajstić information content (AvgIpc) is 3.50. The molecule has 15 heteroatoms. The van der Waals surface area contributed by atoms with Gasteiger partial charge in [0.1, 0.15) is 11.6 Å². The fraction of sp³-hybridized carbons (Fsp3) is 0.485. The molecular weight excluding hydrogens is 643 g/mol. The zero-order valence-electron chi connectivity index (χ0n) is 27.9. The average molecular weight is 689 g/mol. The van der Waals surface area contributed by atoms with Crippen molar-refractivity contribution >= 4 is 33.3 Å². The van der Waals surface area contributed by atoms with E-state index in [9.17, 15) is 27.5 Å². The van der Waals surface area contributed by atoms with Crippen LogP contribution in [0.15, 0.2) is 60.0 Å². The summed E-state index contributed by atoms with van der Waals surface area (Å²) in [5, 5.41) is 15.4. The molecule has 1 aromatic heterocycles. The summed E-state index contributed by atoms with van der Waals surface area (Å²) in [6.07, 6.45) is 4.16. The van der Waals surface area contributed by atoms with E-state index in [1.54, 1.807) is 30.7 Å². The van der Waals surface area contributed by atoms with Gasteiger partial charge in [-0.25, -0.2) is 22.6 Å². The van der Waals surface area contributed by atoms with Crippen molar-refractivity contribution in [1.29, 1.82) is 0 Å². The molecule has 0 bridgehead atoms. The van der Waals surface area contributed by atoms with Crippen LogP contribution in [0.1, 0.15) is 50.4 Å². The molecule has 3 amide bonds. The molecule has 48 heavy (non-hydrogen) atoms. The third-order valence-corrected chi connectivity index (χ3v) is 9.91. The van der Waals surface area contributed by atoms with Gasteiger partial charge in [-0.05, 0) is 75.6 Å². The number of carbonyl (C=O) groups is 2. The van der Waals surface area contributed by atoms with Gasteiger partial charge in [0.05, 0.1) is 36.7 Å². The molecule has 0 spiro atoms. The zero-order valence-corrected chi connectivity index (χ0v) is 28.7. The van der Waals surface area contributed by atoms with Gasteiger partial charge in [0, 0.05) is 57.3 Å². The summed E-state index contributed by atoms with van der Waals surface area (Å²) in [7, 11) is -0.741. The van der Waals surface area contributed by atoms with Crippen molar-refractivity contribution in [2.24, 2.45) is 13.0 Å². The van der Waals surface area contributed by atoms with Crippen LogP contribution in [0.4, 0.5) is 20.6 Å². The molecule has 3 aromatic rings. The first-order chi connectivity index (χ1) is 22.8. The van der Waals surface area contributed by atoms with Crippen LogP contribution < -0.4 is 15.4 Å². The number of nitrogens with one attached hydrogen (secondary N) is 2. The lowest BCUT2D eigenvalue weighted by molar-refractivity contribution is -0.00835. The molecule has 0 saturated heterocycles. The van der Waals surface area contributed by atoms with Gasteiger partial charge >= 0.3 is 6.03 Å². The zero-order chi connectivity index (χ0) is 35.0. The molecule has 2 aromatic carbocycles. The fourth-order valence-electron chi connectivity index (χ4n) is 5.32. The number of hydrogen-bond acceptors (Lipinski definition) is 8. The third-order valence-electron chi connectivity index (χ3n) is 8.20. The molecule has 4 rings (SSSR count). The first-order valence-electron chi connectivity index (χ1n) is 15.9. The lowest BCUT2D eigenvalue weighted by Gasteiger charge is -2.35. The van der Waals surface area contributed by atoms with Crippen LogP contribution in [0.25, 0.3) is 0 Å². The van der Waals surface area contributed by atoms with E-state index >= 15 is 0 Å². The summed E-state index contributed by atoms with van der Waals surface area (Å²) in [4.78, 5) is 32.6. The smallest absolute Gasteiger partial charge is 0.323 e. The summed E-state index contributed by atoms with van der Waals surface area (Å²) in [6.45, 7) is 5.68. The summed E-state index contributed by atoms with van der Waals surface area (Å²) in [6, 6.07) is 8.85. The number of anilines is 2. The largest absolute Gasteiger partial charge is 0.490 e. The highest BCUT2D eigenvalue weighted by Crippen LogP contribution is 2.29. The number of carbonyl (C=O) groups excluding carboxylic acids is 2. The molecule has 0 radical (unpaired) electrons. The van der Waals surface area contributed by atoms with Gasteiger partial charge in [-0.15, -0.1) is 0 Å². The molecule has 13 nitrogen and oxygen atoms in total. The van der Waals surface area contributed by atoms with Crippen LogP contribution in [-0.4, -0.2) is 95.8 Å². The number of aliphatic hydroxyl groups excluding tert-OH is 1. The SMILES string of the molecule is C[C@@H]1CCCCO[C@@H](CN(C)S(=O)(=O)c2cn(C)cn2)[C@@H](C)CN([C@H](C)CO)C(=O)c2cc(NC(=O)Nc3ccc(F)cc3)ccc2O1. The predicted molar refractivity (Wildman–Crippen MR) is 179 cm³/mol. The van der Waals surface area contributed by atoms with Gasteiger partial charge in [0.2, 0.25) is 0 Å². The Kier molecular flexibility index (Phi) is 12.5. The Balaban J connectivity index is 1.62. The van der Waals surface area contributed by atoms with Gasteiger partial charge in [-0.3, -0.25) is 4.79 Å². The van der Waals surface area contributed by atoms with Crippen molar-refractivity contribution in [3.8, 4) is 5.75 Å². The van der Waals surface area contributed by atoms with E-state index < -0.39 is 39.9 Å². The fourth-order valence-corrected chi connectivity index (χ4v) is 6.47. The number of sulfonamides is 1. The number of nitrogens with zero attached hydrogens (tertiary/aromatic N) is 4. The van der Waals surface area contributed by atoms with Crippen LogP contribution in [0, 0.1) is 11.7 Å². The molecule has 1 aliphatic rings. The van der Waals surface area contributed by atoms with E-state index in [1.807, 2.05) is 13.8 Å². The number of hydrogen-bond donors (Lipinski definition) is 3. The predicted octanol–water partition coefficient (Wildman–Crippen LogP) is 4.32. The minimum absolute atomic E-state index is 0.0168. The maximum Gasteiger partial charge on any atom is 0.323 e. The molecule has 4 atom stereocenters. The molecule has 3 N–H and O–H groups in total. The van der Waals surface area contributed by atoms with Crippen molar-refractivity contribution in [1.82, 2.24) is 18.8 Å². The number of benzene rings is 2. The van der Waals surface area contributed by atoms with Gasteiger partial charge in [-0.1, -0.05) is 6.92 Å². The van der Waals surface area contributed by atoms with Crippen LogP contribution in [-0.2, 0) is 21.8 Å². The summed E-state index contributed by atoms with van der Waals surface area (Å²) in [5.74, 6) is -0.919. The Morgan fingerprint density at radius 1 is 1.15 bits per heavy atom. The Hall–Kier alpha value is -4.05. The van der Waals surface area contributed by atoms with E-state index in [-0.39, 0.29) is 42.3 Å². The first-order valence-corrected chi connectivity index (χ1v) is 17.3. The molecule has 1 aliphatic heterocycles. The Labute approximate surface area is 281 Å². The van der Waals surface area contributed by atoms with Crippen molar-refractivity contribution < 1.29 is 37.0 Å². The topological polar surface area (TPSA) is 155 Å². The Morgan fingerprint density at radius 2 is 1.83 bits per heavy atom. The van der Waals surface area contributed by atoms with Crippen LogP contribution in [0.3, 0.4) is 0 Å². The second-order valence-electron chi connectivity index (χ2n) is 12.3. The number of aromatic nitrogens is 2. The Morgan fingerprint density at radius 3 is 2.50 bits per heavy atom. The van der Waals surface area contributed by atoms with Gasteiger partial charge in [0.15, 0.2) is 5.03 Å². The van der Waals surface area contributed by atoms with Gasteiger partial charge < -0.3 is 34.7 Å². The number of rotatable bonds is 8. The van der Waals surface area contributed by atoms with E-state index in [1.165, 1.54) is 59.1 Å². The lowest BCUT2D eigenvalue weighted by Crippen LogP contribution is -2.48. The standard InChI is InChI=1S/C33H45FN6O7S/c1-22-17-40(23(2)20-41)32(42)28-16-27(37-33(43)36-26-11-9-25(34)10-12-26)13-14-29(28)47-24(3)8-6-7-15-46-30(22)18-39(5)48(44,45)31-19-38(4)21-35-31/h9-14,16,19,21-24,30,41H,6-8,15,17-18,20H2,1-5H3,(H2,36,37,43)/t22-,23+,24+,30-/m0/s1. The molecule has 0 saturated carbocycles. The second kappa shape index (κ2) is 16.4. The van der Waals surface area contributed by atoms with E-state index in [0.717, 1.165) is 6.42 Å². The number of ether oxygens (including phenoxy) is 2. The number of amides is 3. The number of aryl methyl sites for hydroxylation is 1. The highest BCUT2D eigenvalue weighted by molar-refractivity contribution is 7.89. The minimum Gasteiger partial charge on any atom is -0.490 e. The monoisotopic (exact) mass is 688 g/mol. The van der Waals surface area contributed by atoms with Crippen molar-refractivity contribution in [3.63, 3.8) is 0 Å². The van der Waals surface area contributed by atoms with Crippen LogP contribution in [0.5, 0.6) is 5.75 Å². The summed E-state index contributed by atoms with van der Waals surface area (Å²) >= 11 is 0. The molecule has 0 aliphatic carbocycles. The molecule has 262 valence electrons. The van der Waals surface area contributed by atoms with E-state index in [0.29, 0.717) is 36.6 Å². The lowest BCUT2D eigenvalue weighted by atomic mass is 10.0. The number of imidazole rings is 1. The number of halogens is 1. The first kappa shape index (κ1) is 36.8. The van der Waals surface area contributed by atoms with Gasteiger partial charge in [0.25, 0.3) is 15.9 Å². The third kappa shape index (κ3) is 9.52. The molecule has 0 unspecified atom stereocenters. The van der Waals surface area contributed by atoms with Crippen LogP contribution >= 0.6 is 0 Å². The Bertz CT molecular complexity index is 1650. The highest BCUT2D eigenvalue weighted by atomic mass is 32.2. The van der Waals surface area contributed by atoms with Crippen LogP contribution in [0.2, 0.25) is 0 Å². The normalized spacial score (nSPS) is 20.4. The number of aliphatic hydroxyl groups is 1. The quantitative estimate of drug-likeness (QED) is 0.316. The second-order valence-corrected chi connectivity index (χ2v) is 14.3. The summed E-state index contributed by atoms with van der Waals surface area (Å²) < 4.78 is 55.2. The molecule has 2 heterocycles. The van der Waals surface area contributed by atoms with Crippen molar-refractivity contribution in [2.75, 3.05) is 44.0 Å². The number of likely N-dealkylation sites (N-methyl/N-ethyl adjacent to an activating group) is 1. The molecule has 0 fully saturated rings. The van der Waals surface area contributed by atoms with Crippen molar-refractivity contribution in [3.05, 3.63) is 66.4 Å². The maximum atomic E-state index is 14.3. The maximum absolute atomic E-state index is 14.3. The highest BCUT2D eigenvalue weighted by Gasteiger charge is 2.33. The van der Waals surface area contributed by atoms with Gasteiger partial charge in [-0.2, -0.15) is 4.31 Å². The van der Waals surface area contributed by atoms with Crippen molar-refractivity contribution in [2.45, 2.75) is 63.3 Å². The number of fused-ring (bicyclic) bond motifs is 1. The van der Waals surface area contributed by atoms with E-state index in [4.69, 9.17) is 9.47 Å².